The molecule has 1 heterocycles. The van der Waals surface area contributed by atoms with Crippen LogP contribution < -0.4 is 24.3 Å². The van der Waals surface area contributed by atoms with Gasteiger partial charge in [-0.3, -0.25) is 0 Å². The minimum Gasteiger partial charge on any atom is -0.493 e. The zero-order valence-electron chi connectivity index (χ0n) is 13.2. The van der Waals surface area contributed by atoms with Crippen molar-refractivity contribution in [3.05, 3.63) is 36.0 Å². The van der Waals surface area contributed by atoms with Crippen LogP contribution >= 0.6 is 0 Å². The van der Waals surface area contributed by atoms with Gasteiger partial charge >= 0.3 is 0 Å². The summed E-state index contributed by atoms with van der Waals surface area (Å²) < 4.78 is 21.1. The number of nitrogens with zero attached hydrogens (tertiary/aromatic N) is 1. The van der Waals surface area contributed by atoms with E-state index in [-0.39, 0.29) is 0 Å². The maximum atomic E-state index is 5.45. The number of anilines is 1. The largest absolute Gasteiger partial charge is 0.493 e. The average Bonchev–Trinajstić information content (AvgIpc) is 2.59. The van der Waals surface area contributed by atoms with Gasteiger partial charge in [0.1, 0.15) is 0 Å². The fourth-order valence-electron chi connectivity index (χ4n) is 2.11. The molecule has 0 amide bonds. The first-order chi connectivity index (χ1) is 10.7. The third-order valence-electron chi connectivity index (χ3n) is 3.21. The fourth-order valence-corrected chi connectivity index (χ4v) is 2.11. The molecule has 2 aromatic rings. The quantitative estimate of drug-likeness (QED) is 0.848. The monoisotopic (exact) mass is 304 g/mol. The number of rotatable bonds is 7. The van der Waals surface area contributed by atoms with Crippen LogP contribution in [-0.4, -0.2) is 33.4 Å². The minimum absolute atomic E-state index is 0.567. The third-order valence-corrected chi connectivity index (χ3v) is 3.21. The number of ether oxygens (including phenoxy) is 4. The van der Waals surface area contributed by atoms with Crippen LogP contribution in [0, 0.1) is 0 Å². The topological polar surface area (TPSA) is 61.8 Å². The van der Waals surface area contributed by atoms with E-state index in [0.29, 0.717) is 29.7 Å². The van der Waals surface area contributed by atoms with Crippen molar-refractivity contribution in [1.29, 1.82) is 0 Å². The van der Waals surface area contributed by atoms with E-state index in [9.17, 15) is 0 Å². The van der Waals surface area contributed by atoms with E-state index >= 15 is 0 Å². The van der Waals surface area contributed by atoms with Gasteiger partial charge in [-0.25, -0.2) is 4.98 Å². The Morgan fingerprint density at radius 3 is 2.18 bits per heavy atom. The molecule has 1 aromatic carbocycles. The van der Waals surface area contributed by atoms with Crippen molar-refractivity contribution < 1.29 is 18.9 Å². The van der Waals surface area contributed by atoms with E-state index in [1.807, 2.05) is 18.2 Å². The zero-order valence-corrected chi connectivity index (χ0v) is 13.2. The van der Waals surface area contributed by atoms with Crippen molar-refractivity contribution in [2.45, 2.75) is 6.54 Å². The molecular formula is C16H20N2O4. The van der Waals surface area contributed by atoms with Crippen molar-refractivity contribution in [3.8, 4) is 23.1 Å². The summed E-state index contributed by atoms with van der Waals surface area (Å²) in [6.45, 7) is 0.567. The van der Waals surface area contributed by atoms with Crippen LogP contribution in [0.4, 0.5) is 5.69 Å². The van der Waals surface area contributed by atoms with Gasteiger partial charge in [-0.1, -0.05) is 0 Å². The third kappa shape index (κ3) is 3.33. The molecule has 0 bridgehead atoms. The Labute approximate surface area is 130 Å². The zero-order chi connectivity index (χ0) is 15.9. The molecule has 0 saturated carbocycles. The fraction of sp³-hybridized carbons (Fsp3) is 0.312. The summed E-state index contributed by atoms with van der Waals surface area (Å²) >= 11 is 0. The second-order valence-electron chi connectivity index (χ2n) is 4.44. The molecule has 0 aliphatic heterocycles. The molecule has 0 saturated heterocycles. The van der Waals surface area contributed by atoms with Gasteiger partial charge in [0.15, 0.2) is 11.5 Å². The normalized spacial score (nSPS) is 10.0. The molecule has 0 aliphatic rings. The molecule has 22 heavy (non-hydrogen) atoms. The van der Waals surface area contributed by atoms with Gasteiger partial charge in [-0.2, -0.15) is 0 Å². The summed E-state index contributed by atoms with van der Waals surface area (Å²) in [7, 11) is 6.38. The summed E-state index contributed by atoms with van der Waals surface area (Å²) in [5.74, 6) is 2.44. The van der Waals surface area contributed by atoms with Crippen molar-refractivity contribution in [2.75, 3.05) is 33.8 Å². The maximum Gasteiger partial charge on any atom is 0.213 e. The molecule has 1 aromatic heterocycles. The highest BCUT2D eigenvalue weighted by Crippen LogP contribution is 2.39. The second kappa shape index (κ2) is 7.40. The number of hydrogen-bond acceptors (Lipinski definition) is 6. The van der Waals surface area contributed by atoms with Crippen LogP contribution in [0.3, 0.4) is 0 Å². The van der Waals surface area contributed by atoms with E-state index in [1.165, 1.54) is 0 Å². The molecular weight excluding hydrogens is 284 g/mol. The first-order valence-electron chi connectivity index (χ1n) is 6.75. The minimum atomic E-state index is 0.567. The van der Waals surface area contributed by atoms with Crippen molar-refractivity contribution in [3.63, 3.8) is 0 Å². The number of nitrogens with one attached hydrogen (secondary N) is 1. The lowest BCUT2D eigenvalue weighted by Gasteiger charge is -2.16. The lowest BCUT2D eigenvalue weighted by molar-refractivity contribution is 0.322. The van der Waals surface area contributed by atoms with Gasteiger partial charge in [-0.15, -0.1) is 0 Å². The lowest BCUT2D eigenvalue weighted by atomic mass is 10.1. The van der Waals surface area contributed by atoms with Gasteiger partial charge in [0.2, 0.25) is 11.6 Å². The second-order valence-corrected chi connectivity index (χ2v) is 4.44. The van der Waals surface area contributed by atoms with Gasteiger partial charge < -0.3 is 24.3 Å². The molecule has 0 fully saturated rings. The van der Waals surface area contributed by atoms with Crippen molar-refractivity contribution in [1.82, 2.24) is 4.98 Å². The Balaban J connectivity index is 2.18. The van der Waals surface area contributed by atoms with E-state index in [1.54, 1.807) is 40.7 Å². The summed E-state index contributed by atoms with van der Waals surface area (Å²) in [5, 5.41) is 3.28. The van der Waals surface area contributed by atoms with E-state index in [0.717, 1.165) is 11.3 Å². The molecule has 0 spiro atoms. The smallest absolute Gasteiger partial charge is 0.213 e. The summed E-state index contributed by atoms with van der Waals surface area (Å²) in [5.41, 5.74) is 1.84. The highest BCUT2D eigenvalue weighted by atomic mass is 16.5. The van der Waals surface area contributed by atoms with E-state index in [2.05, 4.69) is 10.3 Å². The molecule has 0 atom stereocenters. The lowest BCUT2D eigenvalue weighted by Crippen LogP contribution is -2.04. The summed E-state index contributed by atoms with van der Waals surface area (Å²) in [6.07, 6.45) is 1.71. The first-order valence-corrected chi connectivity index (χ1v) is 6.75. The average molecular weight is 304 g/mol. The van der Waals surface area contributed by atoms with Crippen LogP contribution in [0.1, 0.15) is 5.56 Å². The molecule has 0 radical (unpaired) electrons. The molecule has 0 unspecified atom stereocenters. The van der Waals surface area contributed by atoms with Gasteiger partial charge in [-0.05, 0) is 18.2 Å². The molecule has 6 heteroatoms. The number of methoxy groups -OCH3 is 4. The molecule has 2 rings (SSSR count). The number of benzene rings is 1. The molecule has 1 N–H and O–H groups in total. The molecule has 6 nitrogen and oxygen atoms in total. The Morgan fingerprint density at radius 2 is 1.64 bits per heavy atom. The number of pyridine rings is 1. The highest BCUT2D eigenvalue weighted by Gasteiger charge is 2.15. The van der Waals surface area contributed by atoms with Crippen LogP contribution in [0.15, 0.2) is 30.5 Å². The van der Waals surface area contributed by atoms with Crippen LogP contribution in [0.25, 0.3) is 0 Å². The molecule has 0 aliphatic carbocycles. The SMILES string of the molecule is COc1ccc(NCc2ccc(OC)c(OC)c2OC)cn1. The van der Waals surface area contributed by atoms with Gasteiger partial charge in [0.05, 0.1) is 40.3 Å². The van der Waals surface area contributed by atoms with Crippen LogP contribution in [0.2, 0.25) is 0 Å². The Kier molecular flexibility index (Phi) is 5.30. The van der Waals surface area contributed by atoms with E-state index < -0.39 is 0 Å². The standard InChI is InChI=1S/C16H20N2O4/c1-19-13-7-5-11(15(21-3)16(13)22-4)9-17-12-6-8-14(20-2)18-10-12/h5-8,10,17H,9H2,1-4H3. The summed E-state index contributed by atoms with van der Waals surface area (Å²) in [4.78, 5) is 4.15. The van der Waals surface area contributed by atoms with Gasteiger partial charge in [0.25, 0.3) is 0 Å². The molecule has 118 valence electrons. The van der Waals surface area contributed by atoms with Crippen LogP contribution in [-0.2, 0) is 6.54 Å². The van der Waals surface area contributed by atoms with Crippen molar-refractivity contribution in [2.24, 2.45) is 0 Å². The van der Waals surface area contributed by atoms with Crippen LogP contribution in [0.5, 0.6) is 23.1 Å². The number of hydrogen-bond donors (Lipinski definition) is 1. The predicted molar refractivity (Wildman–Crippen MR) is 84.2 cm³/mol. The number of aromatic nitrogens is 1. The Hall–Kier alpha value is -2.63. The van der Waals surface area contributed by atoms with Crippen molar-refractivity contribution >= 4 is 5.69 Å². The predicted octanol–water partition coefficient (Wildman–Crippen LogP) is 2.73. The van der Waals surface area contributed by atoms with E-state index in [4.69, 9.17) is 18.9 Å². The Morgan fingerprint density at radius 1 is 0.864 bits per heavy atom. The van der Waals surface area contributed by atoms with Gasteiger partial charge in [0, 0.05) is 18.2 Å². The Bertz CT molecular complexity index is 614. The highest BCUT2D eigenvalue weighted by molar-refractivity contribution is 5.56. The maximum absolute atomic E-state index is 5.45. The first kappa shape index (κ1) is 15.8. The summed E-state index contributed by atoms with van der Waals surface area (Å²) in [6, 6.07) is 7.49.